The fourth-order valence-corrected chi connectivity index (χ4v) is 1.26. The highest BCUT2D eigenvalue weighted by Crippen LogP contribution is 2.28. The lowest BCUT2D eigenvalue weighted by Crippen LogP contribution is -2.05. The summed E-state index contributed by atoms with van der Waals surface area (Å²) in [4.78, 5) is 0. The molecule has 0 heterocycles. The van der Waals surface area contributed by atoms with Crippen molar-refractivity contribution >= 4 is 8.25 Å². The fourth-order valence-electron chi connectivity index (χ4n) is 0.489. The molecule has 5 nitrogen and oxygen atoms in total. The Hall–Kier alpha value is -1.39. The zero-order valence-corrected chi connectivity index (χ0v) is 8.34. The van der Waals surface area contributed by atoms with Crippen molar-refractivity contribution in [2.24, 2.45) is 0 Å². The van der Waals surface area contributed by atoms with E-state index in [0.717, 1.165) is 0 Å². The smallest absolute Gasteiger partial charge is 0.288 e. The maximum Gasteiger partial charge on any atom is 0.322 e. The van der Waals surface area contributed by atoms with E-state index in [9.17, 15) is 4.57 Å². The van der Waals surface area contributed by atoms with Crippen molar-refractivity contribution < 1.29 is 13.6 Å². The maximum absolute atomic E-state index is 11.0. The van der Waals surface area contributed by atoms with Crippen LogP contribution in [0.2, 0.25) is 0 Å². The molecule has 14 heavy (non-hydrogen) atoms. The van der Waals surface area contributed by atoms with Crippen LogP contribution in [0.4, 0.5) is 0 Å². The first-order chi connectivity index (χ1) is 6.67. The molecule has 0 amide bonds. The van der Waals surface area contributed by atoms with E-state index in [1.807, 2.05) is 0 Å². The van der Waals surface area contributed by atoms with Crippen molar-refractivity contribution in [3.8, 4) is 12.1 Å². The van der Waals surface area contributed by atoms with Crippen molar-refractivity contribution in [2.75, 3.05) is 0 Å². The topological polar surface area (TPSA) is 83.1 Å². The molecule has 0 aromatic rings. The normalized spacial score (nSPS) is 15.6. The number of hydrogen-bond acceptors (Lipinski definition) is 5. The van der Waals surface area contributed by atoms with Gasteiger partial charge in [-0.15, -0.1) is 0 Å². The quantitative estimate of drug-likeness (QED) is 0.492. The highest BCUT2D eigenvalue weighted by Gasteiger charge is 2.12. The zero-order valence-electron chi connectivity index (χ0n) is 7.34. The van der Waals surface area contributed by atoms with E-state index in [-0.39, 0.29) is 0 Å². The highest BCUT2D eigenvalue weighted by atomic mass is 31.1. The third kappa shape index (κ3) is 4.59. The first-order valence-corrected chi connectivity index (χ1v) is 4.82. The van der Waals surface area contributed by atoms with Crippen LogP contribution in [0.5, 0.6) is 0 Å². The molecule has 0 aliphatic heterocycles. The minimum Gasteiger partial charge on any atom is -0.288 e. The predicted molar refractivity (Wildman–Crippen MR) is 50.4 cm³/mol. The van der Waals surface area contributed by atoms with Crippen molar-refractivity contribution in [1.82, 2.24) is 0 Å². The Kier molecular flexibility index (Phi) is 6.36. The lowest BCUT2D eigenvalue weighted by atomic mass is 10.4. The van der Waals surface area contributed by atoms with Gasteiger partial charge in [0.05, 0.1) is 12.1 Å². The van der Waals surface area contributed by atoms with Crippen LogP contribution in [-0.2, 0) is 13.6 Å². The molecule has 0 spiro atoms. The van der Waals surface area contributed by atoms with E-state index in [1.54, 1.807) is 12.1 Å². The monoisotopic (exact) mass is 212 g/mol. The molecule has 0 saturated heterocycles. The first-order valence-electron chi connectivity index (χ1n) is 3.59. The van der Waals surface area contributed by atoms with Crippen LogP contribution in [0.15, 0.2) is 25.3 Å². The van der Waals surface area contributed by atoms with Crippen molar-refractivity contribution in [1.29, 1.82) is 10.5 Å². The molecule has 0 fully saturated rings. The Bertz CT molecular complexity index is 286. The number of rotatable bonds is 6. The van der Waals surface area contributed by atoms with Gasteiger partial charge >= 0.3 is 8.25 Å². The molecule has 0 aliphatic rings. The van der Waals surface area contributed by atoms with Crippen LogP contribution >= 0.6 is 8.25 Å². The fraction of sp³-hybridized carbons (Fsp3) is 0.250. The Labute approximate surface area is 82.8 Å². The van der Waals surface area contributed by atoms with Gasteiger partial charge in [0.25, 0.3) is 0 Å². The molecule has 0 aromatic carbocycles. The van der Waals surface area contributed by atoms with Gasteiger partial charge in [0.2, 0.25) is 0 Å². The summed E-state index contributed by atoms with van der Waals surface area (Å²) < 4.78 is 20.3. The Morgan fingerprint density at radius 1 is 1.14 bits per heavy atom. The molecule has 74 valence electrons. The second kappa shape index (κ2) is 7.06. The second-order valence-electron chi connectivity index (χ2n) is 2.06. The van der Waals surface area contributed by atoms with Crippen LogP contribution in [0.3, 0.4) is 0 Å². The van der Waals surface area contributed by atoms with Gasteiger partial charge in [-0.05, 0) is 12.2 Å². The third-order valence-corrected chi connectivity index (χ3v) is 2.02. The lowest BCUT2D eigenvalue weighted by molar-refractivity contribution is 0.211. The van der Waals surface area contributed by atoms with Crippen LogP contribution < -0.4 is 0 Å². The van der Waals surface area contributed by atoms with E-state index in [1.165, 1.54) is 12.2 Å². The summed E-state index contributed by atoms with van der Waals surface area (Å²) in [5, 5.41) is 16.8. The average molecular weight is 212 g/mol. The molecule has 0 radical (unpaired) electrons. The molecule has 0 rings (SSSR count). The van der Waals surface area contributed by atoms with Crippen molar-refractivity contribution in [3.63, 3.8) is 0 Å². The minimum absolute atomic E-state index is 0.995. The number of hydrogen-bond donors (Lipinski definition) is 0. The molecule has 2 atom stereocenters. The number of nitriles is 2. The van der Waals surface area contributed by atoms with Crippen LogP contribution in [0, 0.1) is 22.7 Å². The SMILES string of the molecule is C=CC(C#N)O[PH](=O)OC(C#N)C=C. The van der Waals surface area contributed by atoms with E-state index in [0.29, 0.717) is 0 Å². The highest BCUT2D eigenvalue weighted by molar-refractivity contribution is 7.33. The maximum atomic E-state index is 11.0. The van der Waals surface area contributed by atoms with E-state index < -0.39 is 20.5 Å². The molecule has 2 unspecified atom stereocenters. The van der Waals surface area contributed by atoms with Crippen LogP contribution in [-0.4, -0.2) is 12.2 Å². The largest absolute Gasteiger partial charge is 0.322 e. The lowest BCUT2D eigenvalue weighted by Gasteiger charge is -2.07. The van der Waals surface area contributed by atoms with E-state index in [4.69, 9.17) is 10.5 Å². The van der Waals surface area contributed by atoms with Crippen LogP contribution in [0.25, 0.3) is 0 Å². The van der Waals surface area contributed by atoms with Gasteiger partial charge in [-0.25, -0.2) is 0 Å². The Balaban J connectivity index is 4.12. The molecule has 0 aromatic heterocycles. The van der Waals surface area contributed by atoms with Crippen molar-refractivity contribution in [2.45, 2.75) is 12.2 Å². The Morgan fingerprint density at radius 2 is 1.50 bits per heavy atom. The molecule has 0 saturated carbocycles. The van der Waals surface area contributed by atoms with Gasteiger partial charge in [-0.2, -0.15) is 10.5 Å². The summed E-state index contributed by atoms with van der Waals surface area (Å²) in [7, 11) is -2.87. The van der Waals surface area contributed by atoms with E-state index in [2.05, 4.69) is 22.2 Å². The molecule has 0 aliphatic carbocycles. The first kappa shape index (κ1) is 12.6. The summed E-state index contributed by atoms with van der Waals surface area (Å²) in [5.74, 6) is 0. The summed E-state index contributed by atoms with van der Waals surface area (Å²) in [6, 6.07) is 3.38. The zero-order chi connectivity index (χ0) is 11.0. The molecule has 0 N–H and O–H groups in total. The average Bonchev–Trinajstić information content (AvgIpc) is 2.22. The molecule has 6 heteroatoms. The molecule has 0 bridgehead atoms. The Morgan fingerprint density at radius 3 is 1.71 bits per heavy atom. The summed E-state index contributed by atoms with van der Waals surface area (Å²) in [6.07, 6.45) is 0.374. The van der Waals surface area contributed by atoms with Crippen molar-refractivity contribution in [3.05, 3.63) is 25.3 Å². The van der Waals surface area contributed by atoms with E-state index >= 15 is 0 Å². The van der Waals surface area contributed by atoms with Gasteiger partial charge in [-0.1, -0.05) is 13.2 Å². The van der Waals surface area contributed by atoms with Gasteiger partial charge in [0.1, 0.15) is 0 Å². The van der Waals surface area contributed by atoms with Crippen LogP contribution in [0.1, 0.15) is 0 Å². The summed E-state index contributed by atoms with van der Waals surface area (Å²) >= 11 is 0. The van der Waals surface area contributed by atoms with Gasteiger partial charge in [0, 0.05) is 0 Å². The van der Waals surface area contributed by atoms with Gasteiger partial charge in [0.15, 0.2) is 12.2 Å². The van der Waals surface area contributed by atoms with Gasteiger partial charge in [-0.3, -0.25) is 13.6 Å². The third-order valence-electron chi connectivity index (χ3n) is 1.13. The number of nitrogens with zero attached hydrogens (tertiary/aromatic N) is 2. The molecular weight excluding hydrogens is 203 g/mol. The summed E-state index contributed by atoms with van der Waals surface area (Å²) in [6.45, 7) is 6.59. The molecular formula is C8H9N2O3P. The predicted octanol–water partition coefficient (Wildman–Crippen LogP) is 1.57. The van der Waals surface area contributed by atoms with Gasteiger partial charge < -0.3 is 0 Å². The summed E-state index contributed by atoms with van der Waals surface area (Å²) in [5.41, 5.74) is 0. The minimum atomic E-state index is -2.87. The second-order valence-corrected chi connectivity index (χ2v) is 3.03. The standard InChI is InChI=1S/C8H9N2O3P/c1-3-7(5-9)12-14(11)13-8(4-2)6-10/h3-4,7-8,14H,1-2H2.